The van der Waals surface area contributed by atoms with Crippen LogP contribution in [0.5, 0.6) is 0 Å². The zero-order valence-corrected chi connectivity index (χ0v) is 93.3. The second-order valence-corrected chi connectivity index (χ2v) is 30.9. The summed E-state index contributed by atoms with van der Waals surface area (Å²) in [6, 6.07) is 50.7. The average molecular weight is 2160 g/mol. The third-order valence-electron chi connectivity index (χ3n) is 19.1. The molecule has 0 bridgehead atoms. The number of imidazole rings is 2. The summed E-state index contributed by atoms with van der Waals surface area (Å²) in [5, 5.41) is 10.8. The van der Waals surface area contributed by atoms with Gasteiger partial charge in [0.15, 0.2) is 0 Å². The molecule has 2 aromatic heterocycles. The Kier molecular flexibility index (Phi) is 64.2. The molecule has 0 aliphatic heterocycles. The Hall–Kier alpha value is -5.68. The third kappa shape index (κ3) is 39.2. The summed E-state index contributed by atoms with van der Waals surface area (Å²) >= 11 is 24.1. The highest BCUT2D eigenvalue weighted by molar-refractivity contribution is 9.10. The lowest BCUT2D eigenvalue weighted by molar-refractivity contribution is 0.275. The molecule has 20 heteroatoms. The number of aromatic amines is 2. The first-order chi connectivity index (χ1) is 56.9. The number of anilines is 7. The highest BCUT2D eigenvalue weighted by Gasteiger charge is 2.14. The molecule has 10 aromatic carbocycles. The van der Waals surface area contributed by atoms with E-state index in [1.165, 1.54) is 187 Å². The number of halogens is 8. The second kappa shape index (κ2) is 65.0. The zero-order chi connectivity index (χ0) is 93.1. The molecule has 12 nitrogen and oxygen atoms in total. The standard InChI is InChI=1S/2C18H19N.C11H15N3.C10H14BrN.2C10H15N.C9H21N.C7H13N3.7CH3Br/c1-12-6-8-16-15(9-12)11-14-7-5-13(2)10-17(14)18(16)19(3)4;1-12-15-7-5-6-8-16(15)13(2)18-11-14(19(3)4)9-10-17(12)18;1-7-5-9(14(3)4)8(2)11-10(7)12-6-13-11;1-7-6-10(12(3)4)8(2)5-9(7)11;1-8-5-9(2)7-10(6-8)11(3)4;1-8-5-6-10(11(3)4)7-9(8)2;1-4-7-10(8-5-2)9-6-3;1-5-7(10(3)4)9-6(2)8-5;7*1-2/h2*5-11H,1-4H3;5-6H,1-4H3,(H,12,13);5-6H,1-4H3;2*5-7H,1-4H3;4-9H2,1-3H3;1-4H3,(H,8,9);7*1H3. The molecule has 668 valence electrons. The summed E-state index contributed by atoms with van der Waals surface area (Å²) in [7, 11) is 28.9. The normalized spacial score (nSPS) is 9.69. The van der Waals surface area contributed by atoms with E-state index >= 15 is 0 Å². The molecule has 0 amide bonds. The van der Waals surface area contributed by atoms with Crippen LogP contribution in [0.25, 0.3) is 54.1 Å². The minimum Gasteiger partial charge on any atom is -0.378 e. The summed E-state index contributed by atoms with van der Waals surface area (Å²) in [5.41, 5.74) is 26.8. The number of hydrogen-bond donors (Lipinski definition) is 2. The smallest absolute Gasteiger partial charge is 0.149 e. The first-order valence-electron chi connectivity index (χ1n) is 40.3. The molecular weight excluding hydrogens is 2010 g/mol. The molecule has 0 saturated heterocycles. The third-order valence-corrected chi connectivity index (χ3v) is 19.9. The second-order valence-electron chi connectivity index (χ2n) is 30.0. The van der Waals surface area contributed by atoms with E-state index in [0.29, 0.717) is 0 Å². The number of rotatable bonds is 13. The van der Waals surface area contributed by atoms with Gasteiger partial charge in [0, 0.05) is 142 Å². The Labute approximate surface area is 797 Å². The van der Waals surface area contributed by atoms with Crippen molar-refractivity contribution in [2.75, 3.05) is 193 Å². The van der Waals surface area contributed by atoms with Crippen LogP contribution >= 0.6 is 127 Å². The van der Waals surface area contributed by atoms with Gasteiger partial charge in [-0.05, 0) is 331 Å². The topological polar surface area (TPSA) is 83.3 Å². The van der Waals surface area contributed by atoms with Crippen LogP contribution in [0.15, 0.2) is 150 Å². The number of fused-ring (bicyclic) bond motifs is 5. The van der Waals surface area contributed by atoms with Crippen molar-refractivity contribution in [2.24, 2.45) is 0 Å². The van der Waals surface area contributed by atoms with Gasteiger partial charge in [0.25, 0.3) is 0 Å². The first-order valence-corrected chi connectivity index (χ1v) is 52.2. The van der Waals surface area contributed by atoms with Crippen molar-refractivity contribution in [3.8, 4) is 0 Å². The van der Waals surface area contributed by atoms with Crippen molar-refractivity contribution in [3.05, 3.63) is 229 Å². The Morgan fingerprint density at radius 2 is 0.775 bits per heavy atom. The van der Waals surface area contributed by atoms with E-state index in [-0.39, 0.29) is 0 Å². The highest BCUT2D eigenvalue weighted by atomic mass is 79.9. The SMILES string of the molecule is CBr.CBr.CBr.CBr.CBr.CBr.CBr.CCCN(CCC)CCC.Cc1c2ccccc2c(C)c2cc(N(C)C)ccc12.Cc1cc(C)cc(N(C)C)c1.Cc1cc(N(C)C)c(C)c2[nH]cnc12.Cc1cc(N(C)C)c(C)cc1Br.Cc1ccc(N(C)C)cc1C.Cc1ccc2c(N(C)C)c3cc(C)ccc3cc2c1.Cc1nc(N(C)C)c(C)[nH]1. The molecular formula is C100H152Br8N12. The maximum atomic E-state index is 4.31. The first kappa shape index (κ1) is 118. The van der Waals surface area contributed by atoms with Gasteiger partial charge in [0.05, 0.1) is 28.7 Å². The van der Waals surface area contributed by atoms with Crippen molar-refractivity contribution in [1.82, 2.24) is 24.8 Å². The Bertz CT molecular complexity index is 4780. The summed E-state index contributed by atoms with van der Waals surface area (Å²) < 4.78 is 1.19. The molecule has 0 aliphatic carbocycles. The van der Waals surface area contributed by atoms with Crippen LogP contribution in [-0.4, -0.2) is 184 Å². The lowest BCUT2D eigenvalue weighted by Gasteiger charge is -2.19. The van der Waals surface area contributed by atoms with Crippen molar-refractivity contribution >= 4 is 222 Å². The van der Waals surface area contributed by atoms with E-state index in [9.17, 15) is 0 Å². The molecule has 0 radical (unpaired) electrons. The molecule has 120 heavy (non-hydrogen) atoms. The van der Waals surface area contributed by atoms with E-state index in [1.807, 2.05) is 73.7 Å². The summed E-state index contributed by atoms with van der Waals surface area (Å²) in [5.74, 6) is 14.7. The number of aryl methyl sites for hydroxylation is 14. The molecule has 0 spiro atoms. The van der Waals surface area contributed by atoms with Gasteiger partial charge in [0.2, 0.25) is 0 Å². The predicted octanol–water partition coefficient (Wildman–Crippen LogP) is 30.2. The van der Waals surface area contributed by atoms with Gasteiger partial charge in [-0.25, -0.2) is 9.97 Å². The van der Waals surface area contributed by atoms with Crippen LogP contribution < -0.4 is 34.3 Å². The van der Waals surface area contributed by atoms with Crippen LogP contribution in [0, 0.1) is 96.9 Å². The molecule has 0 saturated carbocycles. The lowest BCUT2D eigenvalue weighted by Crippen LogP contribution is -2.25. The predicted molar refractivity (Wildman–Crippen MR) is 582 cm³/mol. The largest absolute Gasteiger partial charge is 0.378 e. The van der Waals surface area contributed by atoms with Crippen molar-refractivity contribution in [2.45, 2.75) is 137 Å². The van der Waals surface area contributed by atoms with Crippen LogP contribution in [0.4, 0.5) is 39.9 Å². The lowest BCUT2D eigenvalue weighted by atomic mass is 9.93. The number of nitrogens with zero attached hydrogens (tertiary/aromatic N) is 10. The fourth-order valence-corrected chi connectivity index (χ4v) is 13.8. The fraction of sp³-hybridized carbons (Fsp3) is 0.440. The number of hydrogen-bond acceptors (Lipinski definition) is 10. The highest BCUT2D eigenvalue weighted by Crippen LogP contribution is 2.37. The minimum atomic E-state index is 0.973. The maximum absolute atomic E-state index is 4.31. The van der Waals surface area contributed by atoms with E-state index in [2.05, 4.69) is 510 Å². The van der Waals surface area contributed by atoms with E-state index in [0.717, 1.165) is 28.4 Å². The number of alkyl halides is 7. The van der Waals surface area contributed by atoms with Crippen LogP contribution in [0.1, 0.15) is 118 Å². The minimum absolute atomic E-state index is 0.973. The molecule has 12 aromatic rings. The maximum Gasteiger partial charge on any atom is 0.149 e. The van der Waals surface area contributed by atoms with E-state index in [1.54, 1.807) is 6.33 Å². The van der Waals surface area contributed by atoms with Gasteiger partial charge in [0.1, 0.15) is 11.6 Å². The molecule has 12 rings (SSSR count). The Morgan fingerprint density at radius 1 is 0.325 bits per heavy atom. The number of aromatic nitrogens is 4. The van der Waals surface area contributed by atoms with Crippen molar-refractivity contribution < 1.29 is 0 Å². The number of H-pyrrole nitrogens is 2. The van der Waals surface area contributed by atoms with Crippen LogP contribution in [0.3, 0.4) is 0 Å². The molecule has 0 atom stereocenters. The van der Waals surface area contributed by atoms with E-state index < -0.39 is 0 Å². The van der Waals surface area contributed by atoms with E-state index in [4.69, 9.17) is 0 Å². The van der Waals surface area contributed by atoms with Crippen LogP contribution in [0.2, 0.25) is 0 Å². The molecule has 2 N–H and O–H groups in total. The van der Waals surface area contributed by atoms with Gasteiger partial charge in [-0.15, -0.1) is 0 Å². The molecule has 0 fully saturated rings. The van der Waals surface area contributed by atoms with Gasteiger partial charge in [-0.2, -0.15) is 0 Å². The zero-order valence-electron chi connectivity index (χ0n) is 80.6. The Balaban J connectivity index is -0.00000129. The number of nitrogens with one attached hydrogen (secondary N) is 2. The number of benzene rings is 10. The summed E-state index contributed by atoms with van der Waals surface area (Å²) in [4.78, 5) is 32.3. The molecule has 2 heterocycles. The van der Waals surface area contributed by atoms with Gasteiger partial charge in [-0.3, -0.25) is 0 Å². The quantitative estimate of drug-likeness (QED) is 0.0860. The summed E-state index contributed by atoms with van der Waals surface area (Å²) in [6.45, 7) is 40.3. The van der Waals surface area contributed by atoms with Gasteiger partial charge >= 0.3 is 0 Å². The average Bonchev–Trinajstić information content (AvgIpc) is 0.853. The fourth-order valence-electron chi connectivity index (χ4n) is 13.3. The molecule has 0 aliphatic rings. The van der Waals surface area contributed by atoms with Crippen LogP contribution in [-0.2, 0) is 0 Å². The van der Waals surface area contributed by atoms with Gasteiger partial charge < -0.3 is 49.2 Å². The molecule has 0 unspecified atom stereocenters. The summed E-state index contributed by atoms with van der Waals surface area (Å²) in [6.07, 6.45) is 5.63. The van der Waals surface area contributed by atoms with Crippen molar-refractivity contribution in [1.29, 1.82) is 0 Å². The Morgan fingerprint density at radius 3 is 1.22 bits per heavy atom. The monoisotopic (exact) mass is 2150 g/mol. The van der Waals surface area contributed by atoms with Crippen molar-refractivity contribution in [3.63, 3.8) is 0 Å². The van der Waals surface area contributed by atoms with Gasteiger partial charge in [-0.1, -0.05) is 232 Å².